The third-order valence-corrected chi connectivity index (χ3v) is 9.94. The van der Waals surface area contributed by atoms with E-state index in [0.717, 1.165) is 56.6 Å². The van der Waals surface area contributed by atoms with Gasteiger partial charge in [0.1, 0.15) is 23.0 Å². The van der Waals surface area contributed by atoms with Crippen molar-refractivity contribution in [1.82, 2.24) is 4.98 Å². The van der Waals surface area contributed by atoms with Gasteiger partial charge in [0.25, 0.3) is 6.20 Å². The summed E-state index contributed by atoms with van der Waals surface area (Å²) in [4.78, 5) is 4.91. The number of hydrogen-bond acceptors (Lipinski definition) is 3. The van der Waals surface area contributed by atoms with E-state index in [1.165, 1.54) is 22.3 Å². The van der Waals surface area contributed by atoms with Crippen molar-refractivity contribution in [3.8, 4) is 56.5 Å². The van der Waals surface area contributed by atoms with Gasteiger partial charge in [-0.1, -0.05) is 94.1 Å². The van der Waals surface area contributed by atoms with Gasteiger partial charge in [-0.2, -0.15) is 0 Å². The van der Waals surface area contributed by atoms with E-state index in [-0.39, 0.29) is 0 Å². The van der Waals surface area contributed by atoms with Gasteiger partial charge in [0, 0.05) is 23.2 Å². The molecule has 0 atom stereocenters. The Morgan fingerprint density at radius 3 is 1.92 bits per heavy atom. The Balaban J connectivity index is 1.16. The predicted octanol–water partition coefficient (Wildman–Crippen LogP) is 11.3. The topological polar surface area (TPSA) is 37.4 Å². The SMILES string of the molecule is C[N+]1=C=[N+](c2cccc(Oc3cc(-c4cc(-c5cccc(Oc6ccccc6)c5)ccn4)cc(C4(C)c5ccccc5-c5ccccc54)c3)c2)C=C1. The van der Waals surface area contributed by atoms with Gasteiger partial charge in [-0.05, 0) is 107 Å². The number of aromatic nitrogens is 1. The van der Waals surface area contributed by atoms with Crippen molar-refractivity contribution in [2.24, 2.45) is 0 Å². The molecule has 0 amide bonds. The maximum Gasteiger partial charge on any atom is 0.495 e. The number of ether oxygens (including phenoxy) is 2. The fourth-order valence-corrected chi connectivity index (χ4v) is 7.37. The lowest BCUT2D eigenvalue weighted by Gasteiger charge is -2.29. The van der Waals surface area contributed by atoms with Gasteiger partial charge >= 0.3 is 6.01 Å². The molecule has 248 valence electrons. The highest BCUT2D eigenvalue weighted by Gasteiger charge is 2.41. The van der Waals surface area contributed by atoms with Gasteiger partial charge in [-0.15, -0.1) is 0 Å². The maximum atomic E-state index is 6.74. The summed E-state index contributed by atoms with van der Waals surface area (Å²) in [6.45, 7) is 2.32. The van der Waals surface area contributed by atoms with Crippen LogP contribution in [0.3, 0.4) is 0 Å². The first-order valence-corrected chi connectivity index (χ1v) is 17.4. The van der Waals surface area contributed by atoms with Crippen molar-refractivity contribution < 1.29 is 18.6 Å². The highest BCUT2D eigenvalue weighted by molar-refractivity contribution is 5.84. The summed E-state index contributed by atoms with van der Waals surface area (Å²) in [6.07, 6.45) is 5.83. The molecule has 0 spiro atoms. The number of fused-ring (bicyclic) bond motifs is 3. The molecule has 2 heterocycles. The molecule has 9 rings (SSSR count). The summed E-state index contributed by atoms with van der Waals surface area (Å²) in [5.41, 5.74) is 10.6. The van der Waals surface area contributed by atoms with E-state index in [2.05, 4.69) is 97.9 Å². The summed E-state index contributed by atoms with van der Waals surface area (Å²) >= 11 is 0. The lowest BCUT2D eigenvalue weighted by atomic mass is 9.73. The number of rotatable bonds is 8. The molecule has 0 unspecified atom stereocenters. The zero-order valence-electron chi connectivity index (χ0n) is 28.9. The summed E-state index contributed by atoms with van der Waals surface area (Å²) in [5.74, 6) is 3.05. The van der Waals surface area contributed by atoms with Crippen LogP contribution in [0.25, 0.3) is 33.5 Å². The molecule has 2 aliphatic rings. The molecule has 1 aromatic heterocycles. The Morgan fingerprint density at radius 2 is 1.17 bits per heavy atom. The minimum Gasteiger partial charge on any atom is -0.457 e. The second-order valence-corrected chi connectivity index (χ2v) is 13.3. The molecule has 0 bridgehead atoms. The second-order valence-electron chi connectivity index (χ2n) is 13.3. The fourth-order valence-electron chi connectivity index (χ4n) is 7.37. The van der Waals surface area contributed by atoms with Crippen LogP contribution in [-0.2, 0) is 5.41 Å². The van der Waals surface area contributed by atoms with E-state index in [1.54, 1.807) is 0 Å². The summed E-state index contributed by atoms with van der Waals surface area (Å²) in [7, 11) is 1.96. The standard InChI is InChI=1S/C47H35N3O2/c1-47(44-20-8-6-18-42(44)43-19-7-9-21-45(43)47)36-26-35(28-41(30-36)52-40-17-11-13-37(31-40)50-25-24-49(2)32-50)46-29-34(22-23-48-46)33-12-10-16-39(27-33)51-38-14-4-3-5-15-38/h3-31H,1-2H3/q+2. The molecule has 0 saturated carbocycles. The highest BCUT2D eigenvalue weighted by Crippen LogP contribution is 2.53. The van der Waals surface area contributed by atoms with Crippen LogP contribution in [0.5, 0.6) is 23.0 Å². The Bertz CT molecular complexity index is 2550. The van der Waals surface area contributed by atoms with Crippen LogP contribution in [0.2, 0.25) is 0 Å². The molecular formula is C47H35N3O2+2. The normalized spacial score (nSPS) is 13.6. The van der Waals surface area contributed by atoms with E-state index >= 15 is 0 Å². The number of para-hydroxylation sites is 1. The van der Waals surface area contributed by atoms with Crippen LogP contribution < -0.4 is 9.47 Å². The molecule has 1 aliphatic carbocycles. The van der Waals surface area contributed by atoms with Gasteiger partial charge in [0.2, 0.25) is 11.9 Å². The lowest BCUT2D eigenvalue weighted by Crippen LogP contribution is -2.22. The van der Waals surface area contributed by atoms with Crippen LogP contribution >= 0.6 is 0 Å². The molecule has 5 heteroatoms. The maximum absolute atomic E-state index is 6.74. The molecular weight excluding hydrogens is 639 g/mol. The van der Waals surface area contributed by atoms with Crippen molar-refractivity contribution >= 4 is 11.7 Å². The van der Waals surface area contributed by atoms with E-state index < -0.39 is 5.41 Å². The first kappa shape index (κ1) is 31.2. The quantitative estimate of drug-likeness (QED) is 0.151. The minimum absolute atomic E-state index is 0.418. The summed E-state index contributed by atoms with van der Waals surface area (Å²) in [6, 6.07) is 57.6. The van der Waals surface area contributed by atoms with Crippen molar-refractivity contribution in [3.05, 3.63) is 193 Å². The highest BCUT2D eigenvalue weighted by atomic mass is 16.5. The molecule has 0 fully saturated rings. The largest absolute Gasteiger partial charge is 0.495 e. The third-order valence-electron chi connectivity index (χ3n) is 9.94. The third kappa shape index (κ3) is 5.69. The Hall–Kier alpha value is -6.81. The van der Waals surface area contributed by atoms with Crippen molar-refractivity contribution in [2.75, 3.05) is 7.05 Å². The minimum atomic E-state index is -0.418. The van der Waals surface area contributed by atoms with Gasteiger partial charge in [-0.3, -0.25) is 4.98 Å². The fraction of sp³-hybridized carbons (Fsp3) is 0.0638. The van der Waals surface area contributed by atoms with Crippen LogP contribution in [-0.4, -0.2) is 27.2 Å². The molecule has 1 aliphatic heterocycles. The van der Waals surface area contributed by atoms with Gasteiger partial charge in [0.05, 0.1) is 11.8 Å². The van der Waals surface area contributed by atoms with Gasteiger partial charge < -0.3 is 9.47 Å². The monoisotopic (exact) mass is 673 g/mol. The number of benzene rings is 6. The van der Waals surface area contributed by atoms with Gasteiger partial charge in [0.15, 0.2) is 7.05 Å². The van der Waals surface area contributed by atoms with Crippen LogP contribution in [0.1, 0.15) is 23.6 Å². The number of pyridine rings is 1. The average molecular weight is 674 g/mol. The van der Waals surface area contributed by atoms with E-state index in [1.807, 2.05) is 108 Å². The molecule has 52 heavy (non-hydrogen) atoms. The summed E-state index contributed by atoms with van der Waals surface area (Å²) < 4.78 is 16.8. The molecule has 0 N–H and O–H groups in total. The number of nitrogens with zero attached hydrogens (tertiary/aromatic N) is 3. The Labute approximate surface area is 303 Å². The van der Waals surface area contributed by atoms with Crippen molar-refractivity contribution in [2.45, 2.75) is 12.3 Å². The van der Waals surface area contributed by atoms with E-state index in [4.69, 9.17) is 14.5 Å². The smallest absolute Gasteiger partial charge is 0.457 e. The molecule has 0 saturated heterocycles. The molecule has 6 aromatic carbocycles. The predicted molar refractivity (Wildman–Crippen MR) is 206 cm³/mol. The van der Waals surface area contributed by atoms with Crippen molar-refractivity contribution in [3.63, 3.8) is 0 Å². The Kier molecular flexibility index (Phi) is 7.69. The zero-order chi connectivity index (χ0) is 35.1. The van der Waals surface area contributed by atoms with Crippen molar-refractivity contribution in [1.29, 1.82) is 0 Å². The van der Waals surface area contributed by atoms with E-state index in [9.17, 15) is 0 Å². The zero-order valence-corrected chi connectivity index (χ0v) is 28.9. The van der Waals surface area contributed by atoms with E-state index in [0.29, 0.717) is 0 Å². The van der Waals surface area contributed by atoms with Crippen LogP contribution in [0.15, 0.2) is 176 Å². The second kappa shape index (κ2) is 12.8. The average Bonchev–Trinajstić information content (AvgIpc) is 3.75. The summed E-state index contributed by atoms with van der Waals surface area (Å²) in [5, 5.41) is 0. The first-order valence-electron chi connectivity index (χ1n) is 17.4. The van der Waals surface area contributed by atoms with Crippen LogP contribution in [0, 0.1) is 0 Å². The number of hydrogen-bond donors (Lipinski definition) is 0. The molecule has 7 aromatic rings. The molecule has 5 nitrogen and oxygen atoms in total. The van der Waals surface area contributed by atoms with Crippen LogP contribution in [0.4, 0.5) is 5.69 Å². The Morgan fingerprint density at radius 1 is 0.538 bits per heavy atom. The lowest BCUT2D eigenvalue weighted by molar-refractivity contribution is -0.429. The molecule has 0 radical (unpaired) electrons. The first-order chi connectivity index (χ1) is 25.5. The van der Waals surface area contributed by atoms with Gasteiger partial charge in [-0.25, -0.2) is 0 Å².